The summed E-state index contributed by atoms with van der Waals surface area (Å²) < 4.78 is 47.1. The van der Waals surface area contributed by atoms with Crippen molar-refractivity contribution in [3.63, 3.8) is 0 Å². The van der Waals surface area contributed by atoms with Crippen molar-refractivity contribution in [3.8, 4) is 11.5 Å². The molecule has 0 amide bonds. The molecule has 35 heavy (non-hydrogen) atoms. The summed E-state index contributed by atoms with van der Waals surface area (Å²) in [4.78, 5) is 13.8. The third-order valence-corrected chi connectivity index (χ3v) is 6.65. The van der Waals surface area contributed by atoms with E-state index in [1.807, 2.05) is 29.7 Å². The topological polar surface area (TPSA) is 56.7 Å². The molecule has 5 rings (SSSR count). The molecule has 0 unspecified atom stereocenters. The minimum absolute atomic E-state index is 0.318. The van der Waals surface area contributed by atoms with Crippen molar-refractivity contribution in [2.45, 2.75) is 30.6 Å². The Hall–Kier alpha value is -3.30. The van der Waals surface area contributed by atoms with Crippen LogP contribution in [-0.2, 0) is 18.5 Å². The van der Waals surface area contributed by atoms with E-state index < -0.39 is 11.7 Å². The first-order chi connectivity index (χ1) is 16.8. The SMILES string of the molecule is Cc1oc(-c2cccc(Cl)c2)nc1Cn1c(SCc2cccc(C(F)(F)F)c2)nc2cccnc21. The summed E-state index contributed by atoms with van der Waals surface area (Å²) in [6, 6.07) is 16.2. The molecular formula is C25H18ClF3N4OS. The van der Waals surface area contributed by atoms with Gasteiger partial charge < -0.3 is 4.42 Å². The summed E-state index contributed by atoms with van der Waals surface area (Å²) in [5, 5.41) is 1.21. The molecule has 0 saturated carbocycles. The second kappa shape index (κ2) is 9.39. The number of imidazole rings is 1. The van der Waals surface area contributed by atoms with Gasteiger partial charge in [-0.05, 0) is 48.9 Å². The highest BCUT2D eigenvalue weighted by atomic mass is 35.5. The predicted octanol–water partition coefficient (Wildman–Crippen LogP) is 7.41. The Morgan fingerprint density at radius 2 is 1.86 bits per heavy atom. The number of hydrogen-bond donors (Lipinski definition) is 0. The lowest BCUT2D eigenvalue weighted by molar-refractivity contribution is -0.137. The molecule has 10 heteroatoms. The standard InChI is InChI=1S/C25H18ClF3N4OS/c1-15-21(31-23(34-15)17-6-3-8-19(26)12-17)13-33-22-20(9-4-10-30-22)32-24(33)35-14-16-5-2-7-18(11-16)25(27,28)29/h2-12H,13-14H2,1H3. The number of rotatable bonds is 6. The molecule has 0 saturated heterocycles. The zero-order valence-electron chi connectivity index (χ0n) is 18.4. The molecule has 5 nitrogen and oxygen atoms in total. The molecule has 0 spiro atoms. The maximum absolute atomic E-state index is 13.1. The molecule has 5 aromatic rings. The maximum atomic E-state index is 13.1. The maximum Gasteiger partial charge on any atom is 0.416 e. The van der Waals surface area contributed by atoms with Gasteiger partial charge in [0.25, 0.3) is 0 Å². The second-order valence-electron chi connectivity index (χ2n) is 7.85. The highest BCUT2D eigenvalue weighted by Gasteiger charge is 2.30. The predicted molar refractivity (Wildman–Crippen MR) is 129 cm³/mol. The minimum Gasteiger partial charge on any atom is -0.441 e. The van der Waals surface area contributed by atoms with Crippen LogP contribution in [0.5, 0.6) is 0 Å². The summed E-state index contributed by atoms with van der Waals surface area (Å²) in [7, 11) is 0. The lowest BCUT2D eigenvalue weighted by atomic mass is 10.1. The number of alkyl halides is 3. The van der Waals surface area contributed by atoms with E-state index in [1.54, 1.807) is 30.5 Å². The molecule has 0 aliphatic heterocycles. The lowest BCUT2D eigenvalue weighted by Crippen LogP contribution is -2.05. The highest BCUT2D eigenvalue weighted by Crippen LogP contribution is 2.32. The summed E-state index contributed by atoms with van der Waals surface area (Å²) in [6.45, 7) is 2.17. The van der Waals surface area contributed by atoms with Crippen LogP contribution in [0.2, 0.25) is 5.02 Å². The fraction of sp³-hybridized carbons (Fsp3) is 0.160. The van der Waals surface area contributed by atoms with E-state index in [0.29, 0.717) is 56.5 Å². The quantitative estimate of drug-likeness (QED) is 0.221. The van der Waals surface area contributed by atoms with Crippen molar-refractivity contribution in [1.29, 1.82) is 0 Å². The number of halogens is 4. The van der Waals surface area contributed by atoms with E-state index in [0.717, 1.165) is 17.7 Å². The number of benzene rings is 2. The van der Waals surface area contributed by atoms with Gasteiger partial charge in [0.1, 0.15) is 17.0 Å². The van der Waals surface area contributed by atoms with Crippen LogP contribution in [-0.4, -0.2) is 19.5 Å². The molecule has 0 aliphatic rings. The van der Waals surface area contributed by atoms with Crippen LogP contribution < -0.4 is 0 Å². The Morgan fingerprint density at radius 3 is 2.66 bits per heavy atom. The van der Waals surface area contributed by atoms with Gasteiger partial charge in [0.2, 0.25) is 5.89 Å². The van der Waals surface area contributed by atoms with Crippen molar-refractivity contribution >= 4 is 34.5 Å². The molecular weight excluding hydrogens is 497 g/mol. The van der Waals surface area contributed by atoms with E-state index in [2.05, 4.69) is 15.0 Å². The van der Waals surface area contributed by atoms with E-state index in [9.17, 15) is 13.2 Å². The lowest BCUT2D eigenvalue weighted by Gasteiger charge is -2.09. The minimum atomic E-state index is -4.39. The number of nitrogens with zero attached hydrogens (tertiary/aromatic N) is 4. The van der Waals surface area contributed by atoms with Gasteiger partial charge in [0.15, 0.2) is 10.8 Å². The molecule has 0 bridgehead atoms. The Balaban J connectivity index is 1.45. The van der Waals surface area contributed by atoms with E-state index in [1.165, 1.54) is 17.8 Å². The Morgan fingerprint density at radius 1 is 1.03 bits per heavy atom. The number of oxazole rings is 1. The van der Waals surface area contributed by atoms with Crippen LogP contribution in [0, 0.1) is 6.92 Å². The van der Waals surface area contributed by atoms with Gasteiger partial charge in [-0.25, -0.2) is 15.0 Å². The third-order valence-electron chi connectivity index (χ3n) is 5.36. The summed E-state index contributed by atoms with van der Waals surface area (Å²) in [5.74, 6) is 1.42. The Labute approximate surface area is 208 Å². The van der Waals surface area contributed by atoms with Gasteiger partial charge in [-0.2, -0.15) is 13.2 Å². The van der Waals surface area contributed by atoms with E-state index >= 15 is 0 Å². The van der Waals surface area contributed by atoms with Gasteiger partial charge in [0, 0.05) is 22.5 Å². The van der Waals surface area contributed by atoms with Gasteiger partial charge in [0.05, 0.1) is 12.1 Å². The van der Waals surface area contributed by atoms with Gasteiger partial charge >= 0.3 is 6.18 Å². The van der Waals surface area contributed by atoms with Gasteiger partial charge in [-0.1, -0.05) is 47.6 Å². The number of thioether (sulfide) groups is 1. The van der Waals surface area contributed by atoms with Crippen LogP contribution in [0.4, 0.5) is 13.2 Å². The fourth-order valence-electron chi connectivity index (χ4n) is 3.65. The van der Waals surface area contributed by atoms with Crippen LogP contribution in [0.3, 0.4) is 0 Å². The van der Waals surface area contributed by atoms with Crippen LogP contribution in [0.15, 0.2) is 76.4 Å². The van der Waals surface area contributed by atoms with Gasteiger partial charge in [-0.3, -0.25) is 4.57 Å². The zero-order valence-corrected chi connectivity index (χ0v) is 20.0. The average molecular weight is 515 g/mol. The Kier molecular flexibility index (Phi) is 6.29. The number of hydrogen-bond acceptors (Lipinski definition) is 5. The Bertz CT molecular complexity index is 1510. The van der Waals surface area contributed by atoms with Crippen molar-refractivity contribution < 1.29 is 17.6 Å². The molecule has 0 fully saturated rings. The second-order valence-corrected chi connectivity index (χ2v) is 9.22. The number of aromatic nitrogens is 4. The molecule has 3 aromatic heterocycles. The molecule has 0 aliphatic carbocycles. The van der Waals surface area contributed by atoms with Gasteiger partial charge in [-0.15, -0.1) is 0 Å². The van der Waals surface area contributed by atoms with Crippen LogP contribution >= 0.6 is 23.4 Å². The molecule has 0 atom stereocenters. The summed E-state index contributed by atoms with van der Waals surface area (Å²) >= 11 is 7.45. The van der Waals surface area contributed by atoms with Crippen molar-refractivity contribution in [3.05, 3.63) is 94.5 Å². The van der Waals surface area contributed by atoms with E-state index in [-0.39, 0.29) is 0 Å². The van der Waals surface area contributed by atoms with Crippen molar-refractivity contribution in [1.82, 2.24) is 19.5 Å². The van der Waals surface area contributed by atoms with Crippen LogP contribution in [0.1, 0.15) is 22.6 Å². The number of pyridine rings is 1. The monoisotopic (exact) mass is 514 g/mol. The fourth-order valence-corrected chi connectivity index (χ4v) is 4.78. The van der Waals surface area contributed by atoms with E-state index in [4.69, 9.17) is 16.0 Å². The molecule has 3 heterocycles. The summed E-state index contributed by atoms with van der Waals surface area (Å²) in [5.41, 5.74) is 2.70. The molecule has 0 radical (unpaired) electrons. The molecule has 178 valence electrons. The smallest absolute Gasteiger partial charge is 0.416 e. The molecule has 0 N–H and O–H groups in total. The number of aryl methyl sites for hydroxylation is 1. The first kappa shape index (κ1) is 23.4. The zero-order chi connectivity index (χ0) is 24.6. The average Bonchev–Trinajstić information content (AvgIpc) is 3.38. The van der Waals surface area contributed by atoms with Crippen LogP contribution in [0.25, 0.3) is 22.6 Å². The summed E-state index contributed by atoms with van der Waals surface area (Å²) in [6.07, 6.45) is -2.71. The van der Waals surface area contributed by atoms with Crippen molar-refractivity contribution in [2.75, 3.05) is 0 Å². The normalized spacial score (nSPS) is 11.9. The number of fused-ring (bicyclic) bond motifs is 1. The first-order valence-electron chi connectivity index (χ1n) is 10.6. The highest BCUT2D eigenvalue weighted by molar-refractivity contribution is 7.98. The molecule has 2 aromatic carbocycles. The first-order valence-corrected chi connectivity index (χ1v) is 12.0. The van der Waals surface area contributed by atoms with Crippen molar-refractivity contribution in [2.24, 2.45) is 0 Å². The largest absolute Gasteiger partial charge is 0.441 e. The third kappa shape index (κ3) is 5.06.